The summed E-state index contributed by atoms with van der Waals surface area (Å²) in [5.41, 5.74) is -1.01. The van der Waals surface area contributed by atoms with Crippen molar-refractivity contribution in [2.75, 3.05) is 0 Å². The lowest BCUT2D eigenvalue weighted by molar-refractivity contribution is -0.138. The van der Waals surface area contributed by atoms with Gasteiger partial charge >= 0.3 is 11.9 Å². The minimum Gasteiger partial charge on any atom is -0.507 e. The van der Waals surface area contributed by atoms with Gasteiger partial charge in [-0.15, -0.1) is 0 Å². The van der Waals surface area contributed by atoms with E-state index in [-0.39, 0.29) is 96.3 Å². The molecule has 0 fully saturated rings. The number of esters is 1. The monoisotopic (exact) mass is 708 g/mol. The lowest BCUT2D eigenvalue weighted by Gasteiger charge is -2.38. The number of halogens is 5. The van der Waals surface area contributed by atoms with Crippen LogP contribution in [0.5, 0.6) is 23.0 Å². The van der Waals surface area contributed by atoms with Gasteiger partial charge < -0.3 is 24.8 Å². The van der Waals surface area contributed by atoms with Crippen molar-refractivity contribution in [3.63, 3.8) is 0 Å². The van der Waals surface area contributed by atoms with Crippen LogP contribution in [0.1, 0.15) is 64.7 Å². The summed E-state index contributed by atoms with van der Waals surface area (Å²) in [6.07, 6.45) is 0.982. The van der Waals surface area contributed by atoms with Gasteiger partial charge in [0.2, 0.25) is 0 Å². The number of aliphatic carboxylic acids is 1. The van der Waals surface area contributed by atoms with Crippen molar-refractivity contribution >= 4 is 86.5 Å². The molecule has 0 bridgehead atoms. The number of carbonyl (C=O) groups is 3. The second-order valence-electron chi connectivity index (χ2n) is 10.7. The first-order chi connectivity index (χ1) is 21.4. The van der Waals surface area contributed by atoms with Gasteiger partial charge in [0.05, 0.1) is 37.6 Å². The van der Waals surface area contributed by atoms with Gasteiger partial charge in [-0.3, -0.25) is 9.59 Å². The number of benzene rings is 4. The van der Waals surface area contributed by atoms with E-state index < -0.39 is 17.5 Å². The Bertz CT molecular complexity index is 1970. The summed E-state index contributed by atoms with van der Waals surface area (Å²) in [5.74, 6) is -2.47. The molecule has 0 saturated heterocycles. The van der Waals surface area contributed by atoms with Gasteiger partial charge in [0, 0.05) is 35.4 Å². The van der Waals surface area contributed by atoms with E-state index in [2.05, 4.69) is 0 Å². The normalized spacial score (nSPS) is 16.2. The quantitative estimate of drug-likeness (QED) is 0.0714. The fraction of sp³-hybridized carbons (Fsp3) is 0.219. The van der Waals surface area contributed by atoms with E-state index in [1.807, 2.05) is 0 Å². The maximum absolute atomic E-state index is 13.7. The number of carbonyl (C=O) groups excluding carboxylic acids is 2. The first-order valence-electron chi connectivity index (χ1n) is 13.7. The number of aryl methyl sites for hydroxylation is 1. The van der Waals surface area contributed by atoms with E-state index >= 15 is 0 Å². The van der Waals surface area contributed by atoms with Crippen molar-refractivity contribution in [2.45, 2.75) is 44.1 Å². The average Bonchev–Trinajstić information content (AvgIpc) is 3.31. The lowest BCUT2D eigenvalue weighted by Crippen LogP contribution is -2.34. The topological polar surface area (TPSA) is 130 Å². The van der Waals surface area contributed by atoms with Gasteiger partial charge in [0.15, 0.2) is 11.4 Å². The molecule has 1 spiro atoms. The van der Waals surface area contributed by atoms with Crippen LogP contribution >= 0.6 is 58.0 Å². The Morgan fingerprint density at radius 3 is 2.20 bits per heavy atom. The van der Waals surface area contributed by atoms with Crippen LogP contribution in [-0.4, -0.2) is 33.0 Å². The number of phenolic OH excluding ortho intramolecular Hbond substituents is 2. The van der Waals surface area contributed by atoms with Crippen molar-refractivity contribution in [1.82, 2.24) is 0 Å². The molecule has 0 saturated carbocycles. The third-order valence-electron chi connectivity index (χ3n) is 8.04. The summed E-state index contributed by atoms with van der Waals surface area (Å²) in [5, 5.41) is 31.1. The fourth-order valence-electron chi connectivity index (χ4n) is 6.02. The van der Waals surface area contributed by atoms with E-state index in [4.69, 9.17) is 72.6 Å². The van der Waals surface area contributed by atoms with Crippen LogP contribution in [-0.2, 0) is 26.3 Å². The molecule has 45 heavy (non-hydrogen) atoms. The Morgan fingerprint density at radius 2 is 1.49 bits per heavy atom. The number of carboxylic acids is 1. The minimum atomic E-state index is -1.86. The summed E-state index contributed by atoms with van der Waals surface area (Å²) in [4.78, 5) is 36.6. The zero-order valence-corrected chi connectivity index (χ0v) is 26.8. The number of unbranched alkanes of at least 4 members (excludes halogenated alkanes) is 1. The molecule has 0 radical (unpaired) electrons. The highest BCUT2D eigenvalue weighted by atomic mass is 35.5. The van der Waals surface area contributed by atoms with Gasteiger partial charge in [-0.25, -0.2) is 4.79 Å². The van der Waals surface area contributed by atoms with Crippen LogP contribution < -0.4 is 4.74 Å². The van der Waals surface area contributed by atoms with Crippen molar-refractivity contribution in [3.8, 4) is 23.0 Å². The number of aromatic hydroxyl groups is 2. The van der Waals surface area contributed by atoms with Gasteiger partial charge in [-0.2, -0.15) is 0 Å². The highest BCUT2D eigenvalue weighted by Gasteiger charge is 2.58. The maximum atomic E-state index is 13.7. The number of ether oxygens (including phenoxy) is 2. The van der Waals surface area contributed by atoms with Crippen molar-refractivity contribution in [3.05, 3.63) is 89.3 Å². The number of Topliss-reactive ketones (excluding diaryl/α,β-unsaturated/α-hetero) is 1. The van der Waals surface area contributed by atoms with Crippen LogP contribution in [0.2, 0.25) is 25.1 Å². The van der Waals surface area contributed by atoms with Crippen molar-refractivity contribution < 1.29 is 39.2 Å². The van der Waals surface area contributed by atoms with Crippen molar-refractivity contribution in [2.24, 2.45) is 0 Å². The second kappa shape index (κ2) is 11.8. The average molecular weight is 711 g/mol. The SMILES string of the molecule is O=C(O)CCC(=O)CCCCc1cc2c(c(Cl)c1O)Oc1cc(O)c3ccccc3c1C21OC(=O)c2c(Cl)c(Cl)c(Cl)c(Cl)c21. The number of carboxylic acid groups (broad SMARTS) is 1. The van der Waals surface area contributed by atoms with Gasteiger partial charge in [-0.1, -0.05) is 82.3 Å². The Balaban J connectivity index is 1.56. The molecule has 232 valence electrons. The molecule has 0 aliphatic carbocycles. The Hall–Kier alpha value is -3.40. The molecule has 4 aromatic carbocycles. The third kappa shape index (κ3) is 4.95. The smallest absolute Gasteiger partial charge is 0.341 e. The summed E-state index contributed by atoms with van der Waals surface area (Å²) in [6, 6.07) is 9.80. The molecule has 1 atom stereocenters. The number of hydrogen-bond donors (Lipinski definition) is 3. The van der Waals surface area contributed by atoms with Gasteiger partial charge in [0.1, 0.15) is 28.1 Å². The molecule has 8 nitrogen and oxygen atoms in total. The predicted octanol–water partition coefficient (Wildman–Crippen LogP) is 9.23. The molecule has 2 aliphatic rings. The summed E-state index contributed by atoms with van der Waals surface area (Å²) >= 11 is 33.1. The molecule has 0 aromatic heterocycles. The molecule has 0 amide bonds. The first kappa shape index (κ1) is 31.6. The second-order valence-corrected chi connectivity index (χ2v) is 12.6. The predicted molar refractivity (Wildman–Crippen MR) is 170 cm³/mol. The molecular weight excluding hydrogens is 690 g/mol. The van der Waals surface area contributed by atoms with Crippen molar-refractivity contribution in [1.29, 1.82) is 0 Å². The number of phenols is 2. The van der Waals surface area contributed by atoms with Crippen LogP contribution in [0.4, 0.5) is 0 Å². The molecule has 4 aromatic rings. The van der Waals surface area contributed by atoms with E-state index in [1.165, 1.54) is 6.07 Å². The molecule has 2 heterocycles. The summed E-state index contributed by atoms with van der Waals surface area (Å²) in [6.45, 7) is 0. The van der Waals surface area contributed by atoms with Crippen LogP contribution in [0.3, 0.4) is 0 Å². The Labute approximate surface area is 280 Å². The third-order valence-corrected chi connectivity index (χ3v) is 10.2. The molecule has 6 rings (SSSR count). The molecule has 3 N–H and O–H groups in total. The number of fused-ring (bicyclic) bond motifs is 8. The zero-order chi connectivity index (χ0) is 32.4. The largest absolute Gasteiger partial charge is 0.507 e. The van der Waals surface area contributed by atoms with E-state index in [0.717, 1.165) is 0 Å². The highest BCUT2D eigenvalue weighted by molar-refractivity contribution is 6.53. The minimum absolute atomic E-state index is 0.0529. The van der Waals surface area contributed by atoms with E-state index in [1.54, 1.807) is 30.3 Å². The molecule has 2 aliphatic heterocycles. The summed E-state index contributed by atoms with van der Waals surface area (Å²) in [7, 11) is 0. The fourth-order valence-corrected chi connectivity index (χ4v) is 7.34. The first-order valence-corrected chi connectivity index (χ1v) is 15.6. The van der Waals surface area contributed by atoms with E-state index in [9.17, 15) is 24.6 Å². The Morgan fingerprint density at radius 1 is 0.800 bits per heavy atom. The number of hydrogen-bond acceptors (Lipinski definition) is 7. The summed E-state index contributed by atoms with van der Waals surface area (Å²) < 4.78 is 12.5. The molecule has 13 heteroatoms. The Kier molecular flexibility index (Phi) is 8.25. The van der Waals surface area contributed by atoms with Crippen LogP contribution in [0.25, 0.3) is 10.8 Å². The zero-order valence-electron chi connectivity index (χ0n) is 23.0. The number of rotatable bonds is 8. The highest BCUT2D eigenvalue weighted by Crippen LogP contribution is 2.64. The molecular formula is C32H21Cl5O8. The van der Waals surface area contributed by atoms with Crippen LogP contribution in [0, 0.1) is 0 Å². The standard InChI is InChI=1S/C32H21Cl5O8/c33-24-21-23(25(34)27(36)26(24)35)32(45-31(21)43)17-11-13(5-1-2-6-14(38)9-10-20(40)41)29(42)28(37)30(17)44-19-12-18(39)15-7-3-4-8-16(15)22(19)32/h3-4,7-8,11-12,39,42H,1-2,5-6,9-10H2,(H,40,41). The number of ketones is 1. The van der Waals surface area contributed by atoms with Crippen LogP contribution in [0.15, 0.2) is 36.4 Å². The van der Waals surface area contributed by atoms with Gasteiger partial charge in [-0.05, 0) is 36.3 Å². The maximum Gasteiger partial charge on any atom is 0.341 e. The van der Waals surface area contributed by atoms with Gasteiger partial charge in [0.25, 0.3) is 0 Å². The molecule has 1 unspecified atom stereocenters. The lowest BCUT2D eigenvalue weighted by atomic mass is 9.75. The van der Waals surface area contributed by atoms with E-state index in [0.29, 0.717) is 34.7 Å².